The van der Waals surface area contributed by atoms with Crippen molar-refractivity contribution in [2.24, 2.45) is 0 Å². The maximum atomic E-state index is 12.7. The molecule has 316 valence electrons. The van der Waals surface area contributed by atoms with Gasteiger partial charge in [-0.15, -0.1) is 0 Å². The zero-order chi connectivity index (χ0) is 39.4. The number of allylic oxidation sites excluding steroid dienone is 8. The third-order valence-corrected chi connectivity index (χ3v) is 10.2. The molecule has 5 heteroatoms. The van der Waals surface area contributed by atoms with Gasteiger partial charge < -0.3 is 19.3 Å². The molecule has 54 heavy (non-hydrogen) atoms. The van der Waals surface area contributed by atoms with E-state index >= 15 is 0 Å². The predicted octanol–water partition coefficient (Wildman–Crippen LogP) is 15.0. The van der Waals surface area contributed by atoms with E-state index in [1.165, 1.54) is 141 Å². The van der Waals surface area contributed by atoms with E-state index in [2.05, 4.69) is 93.3 Å². The molecule has 0 amide bonds. The molecule has 0 fully saturated rings. The average Bonchev–Trinajstić information content (AvgIpc) is 3.16. The Morgan fingerprint density at radius 1 is 0.463 bits per heavy atom. The topological polar surface area (TPSA) is 42.0 Å². The van der Waals surface area contributed by atoms with Crippen LogP contribution in [-0.2, 0) is 9.47 Å². The van der Waals surface area contributed by atoms with Gasteiger partial charge in [0, 0.05) is 19.6 Å². The first-order chi connectivity index (χ1) is 26.5. The number of likely N-dealkylation sites (N-methyl/N-ethyl adjacent to an activating group) is 1. The normalized spacial score (nSPS) is 12.4. The lowest BCUT2D eigenvalue weighted by Gasteiger charge is -2.24. The summed E-state index contributed by atoms with van der Waals surface area (Å²) in [6.45, 7) is 11.4. The zero-order valence-electron chi connectivity index (χ0n) is 36.9. The van der Waals surface area contributed by atoms with E-state index in [-0.39, 0.29) is 6.10 Å². The minimum atomic E-state index is -0.464. The zero-order valence-corrected chi connectivity index (χ0v) is 36.9. The van der Waals surface area contributed by atoms with E-state index in [0.29, 0.717) is 6.61 Å². The minimum absolute atomic E-state index is 0.0182. The highest BCUT2D eigenvalue weighted by atomic mass is 16.7. The average molecular weight is 757 g/mol. The summed E-state index contributed by atoms with van der Waals surface area (Å²) in [5.74, 6) is 0. The predicted molar refractivity (Wildman–Crippen MR) is 239 cm³/mol. The highest BCUT2D eigenvalue weighted by molar-refractivity contribution is 5.60. The number of ether oxygens (including phenoxy) is 2. The minimum Gasteiger partial charge on any atom is -0.434 e. The fourth-order valence-electron chi connectivity index (χ4n) is 6.65. The molecule has 0 bridgehead atoms. The van der Waals surface area contributed by atoms with Gasteiger partial charge in [0.1, 0.15) is 6.10 Å². The number of hydrogen-bond donors (Lipinski definition) is 0. The number of unbranched alkanes of at least 4 members (excludes halogenated alkanes) is 19. The van der Waals surface area contributed by atoms with Crippen LogP contribution in [0.5, 0.6) is 0 Å². The van der Waals surface area contributed by atoms with Crippen LogP contribution in [0.1, 0.15) is 207 Å². The Labute approximate surface area is 337 Å². The van der Waals surface area contributed by atoms with Gasteiger partial charge in [-0.3, -0.25) is 0 Å². The number of nitrogens with zero attached hydrogens (tertiary/aromatic N) is 2. The lowest BCUT2D eigenvalue weighted by Crippen LogP contribution is -2.33. The van der Waals surface area contributed by atoms with Gasteiger partial charge in [-0.05, 0) is 123 Å². The van der Waals surface area contributed by atoms with Crippen molar-refractivity contribution in [1.29, 1.82) is 0 Å². The van der Waals surface area contributed by atoms with E-state index in [1.807, 2.05) is 0 Å². The molecule has 0 N–H and O–H groups in total. The first-order valence-electron chi connectivity index (χ1n) is 23.3. The van der Waals surface area contributed by atoms with E-state index in [1.54, 1.807) is 0 Å². The Morgan fingerprint density at radius 2 is 0.870 bits per heavy atom. The Morgan fingerprint density at radius 3 is 1.31 bits per heavy atom. The number of carbonyl (C=O) groups excluding carboxylic acids is 1. The molecule has 0 unspecified atom stereocenters. The molecule has 0 aromatic heterocycles. The molecule has 0 spiro atoms. The molecular weight excluding hydrogens is 665 g/mol. The fraction of sp³-hybridized carbons (Fsp3) is 0.816. The number of carbonyl (C=O) groups is 1. The van der Waals surface area contributed by atoms with Gasteiger partial charge in [-0.1, -0.05) is 153 Å². The van der Waals surface area contributed by atoms with Crippen LogP contribution in [-0.4, -0.2) is 68.9 Å². The van der Waals surface area contributed by atoms with Crippen LogP contribution in [0.2, 0.25) is 0 Å². The van der Waals surface area contributed by atoms with Crippen molar-refractivity contribution in [3.8, 4) is 0 Å². The third-order valence-electron chi connectivity index (χ3n) is 10.2. The van der Waals surface area contributed by atoms with Gasteiger partial charge >= 0.3 is 6.16 Å². The highest BCUT2D eigenvalue weighted by Crippen LogP contribution is 2.18. The Kier molecular flexibility index (Phi) is 42.4. The van der Waals surface area contributed by atoms with Crippen molar-refractivity contribution < 1.29 is 14.3 Å². The van der Waals surface area contributed by atoms with E-state index < -0.39 is 6.16 Å². The van der Waals surface area contributed by atoms with E-state index in [4.69, 9.17) is 9.47 Å². The summed E-state index contributed by atoms with van der Waals surface area (Å²) >= 11 is 0. The lowest BCUT2D eigenvalue weighted by atomic mass is 10.0. The summed E-state index contributed by atoms with van der Waals surface area (Å²) in [6, 6.07) is 0. The van der Waals surface area contributed by atoms with Crippen molar-refractivity contribution in [2.75, 3.05) is 46.9 Å². The summed E-state index contributed by atoms with van der Waals surface area (Å²) in [5, 5.41) is 0. The van der Waals surface area contributed by atoms with Gasteiger partial charge in [-0.2, -0.15) is 0 Å². The molecule has 0 saturated heterocycles. The molecule has 0 aromatic carbocycles. The highest BCUT2D eigenvalue weighted by Gasteiger charge is 2.16. The molecule has 0 saturated carbocycles. The Bertz CT molecular complexity index is 832. The van der Waals surface area contributed by atoms with Crippen LogP contribution in [0.4, 0.5) is 4.79 Å². The molecule has 0 aliphatic carbocycles. The second kappa shape index (κ2) is 43.9. The van der Waals surface area contributed by atoms with Gasteiger partial charge in [0.2, 0.25) is 0 Å². The summed E-state index contributed by atoms with van der Waals surface area (Å²) in [5.41, 5.74) is 0. The van der Waals surface area contributed by atoms with Crippen LogP contribution < -0.4 is 0 Å². The maximum absolute atomic E-state index is 12.7. The van der Waals surface area contributed by atoms with Crippen LogP contribution in [0.25, 0.3) is 0 Å². The Hall–Kier alpha value is -1.85. The molecular formula is C49H92N2O3. The van der Waals surface area contributed by atoms with Crippen molar-refractivity contribution in [1.82, 2.24) is 9.80 Å². The maximum Gasteiger partial charge on any atom is 0.508 e. The number of hydrogen-bond acceptors (Lipinski definition) is 5. The Balaban J connectivity index is 4.39. The quantitative estimate of drug-likeness (QED) is 0.0353. The largest absolute Gasteiger partial charge is 0.508 e. The van der Waals surface area contributed by atoms with Crippen molar-refractivity contribution in [2.45, 2.75) is 213 Å². The van der Waals surface area contributed by atoms with Crippen LogP contribution in [0.3, 0.4) is 0 Å². The SMILES string of the molecule is CCCCC/C=C\C/C=C\CCCCCCCCC(CCCCCCCC/C=C\C/C=C\CCCCC)OC(=O)OCCCN(CCCC)CCN(C)C. The van der Waals surface area contributed by atoms with Crippen molar-refractivity contribution in [3.05, 3.63) is 48.6 Å². The van der Waals surface area contributed by atoms with Crippen LogP contribution in [0.15, 0.2) is 48.6 Å². The first-order valence-corrected chi connectivity index (χ1v) is 23.3. The lowest BCUT2D eigenvalue weighted by molar-refractivity contribution is 0.0145. The molecule has 0 aliphatic heterocycles. The van der Waals surface area contributed by atoms with Gasteiger partial charge in [-0.25, -0.2) is 4.79 Å². The summed E-state index contributed by atoms with van der Waals surface area (Å²) in [4.78, 5) is 17.5. The van der Waals surface area contributed by atoms with Gasteiger partial charge in [0.15, 0.2) is 0 Å². The van der Waals surface area contributed by atoms with Crippen molar-refractivity contribution in [3.63, 3.8) is 0 Å². The molecule has 0 aromatic rings. The standard InChI is InChI=1S/C49H92N2O3/c1-6-9-12-14-16-18-20-22-24-26-28-30-32-34-36-38-41-48(54-49(52)53-47-40-44-51(43-11-8-3)46-45-50(4)5)42-39-37-35-33-31-29-27-25-23-21-19-17-15-13-10-7-2/h16-19,22-25,48H,6-15,20-21,26-47H2,1-5H3/b18-16-,19-17-,24-22-,25-23-. The second-order valence-corrected chi connectivity index (χ2v) is 15.9. The molecule has 0 radical (unpaired) electrons. The fourth-order valence-corrected chi connectivity index (χ4v) is 6.65. The first kappa shape index (κ1) is 52.2. The smallest absolute Gasteiger partial charge is 0.434 e. The summed E-state index contributed by atoms with van der Waals surface area (Å²) in [6.07, 6.45) is 53.3. The van der Waals surface area contributed by atoms with Crippen LogP contribution in [0, 0.1) is 0 Å². The van der Waals surface area contributed by atoms with Gasteiger partial charge in [0.05, 0.1) is 6.61 Å². The summed E-state index contributed by atoms with van der Waals surface area (Å²) in [7, 11) is 4.25. The van der Waals surface area contributed by atoms with Gasteiger partial charge in [0.25, 0.3) is 0 Å². The third kappa shape index (κ3) is 41.3. The number of rotatable bonds is 41. The van der Waals surface area contributed by atoms with E-state index in [0.717, 1.165) is 71.1 Å². The molecule has 5 nitrogen and oxygen atoms in total. The molecule has 0 rings (SSSR count). The van der Waals surface area contributed by atoms with E-state index in [9.17, 15) is 4.79 Å². The second-order valence-electron chi connectivity index (χ2n) is 15.9. The molecule has 0 aliphatic rings. The molecule has 0 atom stereocenters. The monoisotopic (exact) mass is 757 g/mol. The summed E-state index contributed by atoms with van der Waals surface area (Å²) < 4.78 is 11.5. The van der Waals surface area contributed by atoms with Crippen molar-refractivity contribution >= 4 is 6.16 Å². The molecule has 0 heterocycles. The van der Waals surface area contributed by atoms with Crippen LogP contribution >= 0.6 is 0 Å².